The SMILES string of the molecule is CC(C(=O)O)C(=O)NC(C)c1ccc2c(c1)OCCO2. The molecule has 0 saturated heterocycles. The van der Waals surface area contributed by atoms with Crippen LogP contribution in [0.15, 0.2) is 18.2 Å². The van der Waals surface area contributed by atoms with E-state index in [9.17, 15) is 9.59 Å². The lowest BCUT2D eigenvalue weighted by molar-refractivity contribution is -0.146. The smallest absolute Gasteiger partial charge is 0.315 e. The second kappa shape index (κ2) is 5.81. The van der Waals surface area contributed by atoms with Gasteiger partial charge in [0.25, 0.3) is 0 Å². The molecule has 6 heteroatoms. The summed E-state index contributed by atoms with van der Waals surface area (Å²) in [7, 11) is 0. The molecule has 0 bridgehead atoms. The predicted molar refractivity (Wildman–Crippen MR) is 70.8 cm³/mol. The number of carboxylic acids is 1. The summed E-state index contributed by atoms with van der Waals surface area (Å²) in [5.74, 6) is -1.41. The molecule has 1 aliphatic rings. The molecule has 1 amide bonds. The van der Waals surface area contributed by atoms with Gasteiger partial charge in [-0.05, 0) is 31.5 Å². The Kier molecular flexibility index (Phi) is 4.12. The van der Waals surface area contributed by atoms with Crippen molar-refractivity contribution in [3.63, 3.8) is 0 Å². The van der Waals surface area contributed by atoms with Crippen LogP contribution in [-0.2, 0) is 9.59 Å². The van der Waals surface area contributed by atoms with Crippen molar-refractivity contribution in [2.75, 3.05) is 13.2 Å². The Bertz CT molecular complexity index is 528. The number of carbonyl (C=O) groups excluding carboxylic acids is 1. The van der Waals surface area contributed by atoms with Crippen LogP contribution in [-0.4, -0.2) is 30.2 Å². The lowest BCUT2D eigenvalue weighted by atomic mass is 10.1. The van der Waals surface area contributed by atoms with E-state index in [0.717, 1.165) is 5.56 Å². The van der Waals surface area contributed by atoms with Crippen LogP contribution in [0.3, 0.4) is 0 Å². The van der Waals surface area contributed by atoms with E-state index in [1.54, 1.807) is 19.1 Å². The number of rotatable bonds is 4. The van der Waals surface area contributed by atoms with Gasteiger partial charge in [-0.15, -0.1) is 0 Å². The molecule has 108 valence electrons. The van der Waals surface area contributed by atoms with Gasteiger partial charge in [-0.1, -0.05) is 6.07 Å². The van der Waals surface area contributed by atoms with Gasteiger partial charge in [0.05, 0.1) is 6.04 Å². The Balaban J connectivity index is 2.07. The molecular formula is C14H17NO5. The number of aliphatic carboxylic acids is 1. The van der Waals surface area contributed by atoms with Crippen molar-refractivity contribution in [1.29, 1.82) is 0 Å². The molecule has 20 heavy (non-hydrogen) atoms. The molecule has 1 aliphatic heterocycles. The monoisotopic (exact) mass is 279 g/mol. The summed E-state index contributed by atoms with van der Waals surface area (Å²) in [4.78, 5) is 22.5. The number of amides is 1. The Hall–Kier alpha value is -2.24. The Morgan fingerprint density at radius 2 is 1.85 bits per heavy atom. The molecule has 0 saturated carbocycles. The normalized spacial score (nSPS) is 16.1. The molecule has 0 aromatic heterocycles. The molecule has 2 atom stereocenters. The maximum atomic E-state index is 11.7. The summed E-state index contributed by atoms with van der Waals surface area (Å²) < 4.78 is 10.9. The van der Waals surface area contributed by atoms with Gasteiger partial charge in [0.1, 0.15) is 19.1 Å². The van der Waals surface area contributed by atoms with Gasteiger partial charge in [-0.3, -0.25) is 9.59 Å². The average Bonchev–Trinajstić information content (AvgIpc) is 2.45. The molecular weight excluding hydrogens is 262 g/mol. The highest BCUT2D eigenvalue weighted by atomic mass is 16.6. The van der Waals surface area contributed by atoms with Crippen LogP contribution in [0, 0.1) is 5.92 Å². The third-order valence-electron chi connectivity index (χ3n) is 3.19. The van der Waals surface area contributed by atoms with Crippen LogP contribution >= 0.6 is 0 Å². The first kappa shape index (κ1) is 14.2. The molecule has 0 fully saturated rings. The average molecular weight is 279 g/mol. The zero-order valence-corrected chi connectivity index (χ0v) is 11.4. The van der Waals surface area contributed by atoms with E-state index in [0.29, 0.717) is 24.7 Å². The minimum Gasteiger partial charge on any atom is -0.486 e. The molecule has 0 spiro atoms. The molecule has 1 aromatic carbocycles. The lowest BCUT2D eigenvalue weighted by Gasteiger charge is -2.21. The number of ether oxygens (including phenoxy) is 2. The van der Waals surface area contributed by atoms with Crippen LogP contribution in [0.1, 0.15) is 25.5 Å². The minimum absolute atomic E-state index is 0.305. The minimum atomic E-state index is -1.14. The molecule has 1 heterocycles. The van der Waals surface area contributed by atoms with Gasteiger partial charge in [0.15, 0.2) is 11.5 Å². The van der Waals surface area contributed by atoms with Crippen LogP contribution in [0.2, 0.25) is 0 Å². The number of carboxylic acid groups (broad SMARTS) is 1. The highest BCUT2D eigenvalue weighted by Gasteiger charge is 2.23. The third-order valence-corrected chi connectivity index (χ3v) is 3.19. The van der Waals surface area contributed by atoms with E-state index in [4.69, 9.17) is 14.6 Å². The van der Waals surface area contributed by atoms with Gasteiger partial charge >= 0.3 is 5.97 Å². The highest BCUT2D eigenvalue weighted by molar-refractivity contribution is 5.96. The maximum absolute atomic E-state index is 11.7. The number of benzene rings is 1. The fraction of sp³-hybridized carbons (Fsp3) is 0.429. The van der Waals surface area contributed by atoms with Gasteiger partial charge in [-0.2, -0.15) is 0 Å². The van der Waals surface area contributed by atoms with Gasteiger partial charge in [0, 0.05) is 0 Å². The number of fused-ring (bicyclic) bond motifs is 1. The molecule has 0 radical (unpaired) electrons. The summed E-state index contributed by atoms with van der Waals surface area (Å²) in [6.45, 7) is 4.16. The van der Waals surface area contributed by atoms with E-state index in [1.165, 1.54) is 6.92 Å². The van der Waals surface area contributed by atoms with Crippen LogP contribution in [0.5, 0.6) is 11.5 Å². The zero-order chi connectivity index (χ0) is 14.7. The Labute approximate surface area is 116 Å². The van der Waals surface area contributed by atoms with Crippen LogP contribution in [0.4, 0.5) is 0 Å². The van der Waals surface area contributed by atoms with Crippen LogP contribution < -0.4 is 14.8 Å². The summed E-state index contributed by atoms with van der Waals surface area (Å²) in [5, 5.41) is 11.5. The van der Waals surface area contributed by atoms with E-state index in [1.807, 2.05) is 6.07 Å². The van der Waals surface area contributed by atoms with Crippen molar-refractivity contribution >= 4 is 11.9 Å². The van der Waals surface area contributed by atoms with E-state index < -0.39 is 17.8 Å². The van der Waals surface area contributed by atoms with Crippen molar-refractivity contribution in [2.45, 2.75) is 19.9 Å². The summed E-state index contributed by atoms with van der Waals surface area (Å²) >= 11 is 0. The number of hydrogen-bond acceptors (Lipinski definition) is 4. The largest absolute Gasteiger partial charge is 0.486 e. The van der Waals surface area contributed by atoms with Crippen molar-refractivity contribution in [2.24, 2.45) is 5.92 Å². The first-order valence-electron chi connectivity index (χ1n) is 6.41. The van der Waals surface area contributed by atoms with E-state index >= 15 is 0 Å². The highest BCUT2D eigenvalue weighted by Crippen LogP contribution is 2.32. The molecule has 1 aromatic rings. The molecule has 2 N–H and O–H groups in total. The Morgan fingerprint density at radius 1 is 1.20 bits per heavy atom. The standard InChI is InChI=1S/C14H17NO5/c1-8(14(17)18)13(16)15-9(2)10-3-4-11-12(7-10)20-6-5-19-11/h3-4,7-9H,5-6H2,1-2H3,(H,15,16)(H,17,18). The van der Waals surface area contributed by atoms with E-state index in [2.05, 4.69) is 5.32 Å². The quantitative estimate of drug-likeness (QED) is 0.813. The second-order valence-electron chi connectivity index (χ2n) is 4.69. The van der Waals surface area contributed by atoms with Crippen molar-refractivity contribution < 1.29 is 24.2 Å². The third kappa shape index (κ3) is 3.01. The zero-order valence-electron chi connectivity index (χ0n) is 11.4. The fourth-order valence-corrected chi connectivity index (χ4v) is 1.86. The van der Waals surface area contributed by atoms with Gasteiger partial charge in [0.2, 0.25) is 5.91 Å². The van der Waals surface area contributed by atoms with Gasteiger partial charge < -0.3 is 19.9 Å². The first-order valence-corrected chi connectivity index (χ1v) is 6.41. The summed E-state index contributed by atoms with van der Waals surface area (Å²) in [6, 6.07) is 5.10. The van der Waals surface area contributed by atoms with Crippen LogP contribution in [0.25, 0.3) is 0 Å². The topological polar surface area (TPSA) is 84.9 Å². The summed E-state index contributed by atoms with van der Waals surface area (Å²) in [6.07, 6.45) is 0. The maximum Gasteiger partial charge on any atom is 0.315 e. The van der Waals surface area contributed by atoms with Crippen molar-refractivity contribution in [3.05, 3.63) is 23.8 Å². The predicted octanol–water partition coefficient (Wildman–Crippen LogP) is 1.36. The molecule has 6 nitrogen and oxygen atoms in total. The first-order chi connectivity index (χ1) is 9.49. The van der Waals surface area contributed by atoms with Crippen molar-refractivity contribution in [1.82, 2.24) is 5.32 Å². The Morgan fingerprint density at radius 3 is 2.50 bits per heavy atom. The number of nitrogens with one attached hydrogen (secondary N) is 1. The number of hydrogen-bond donors (Lipinski definition) is 2. The molecule has 2 rings (SSSR count). The van der Waals surface area contributed by atoms with E-state index in [-0.39, 0.29) is 6.04 Å². The fourth-order valence-electron chi connectivity index (χ4n) is 1.86. The summed E-state index contributed by atoms with van der Waals surface area (Å²) in [5.41, 5.74) is 0.834. The van der Waals surface area contributed by atoms with Crippen molar-refractivity contribution in [3.8, 4) is 11.5 Å². The number of carbonyl (C=O) groups is 2. The lowest BCUT2D eigenvalue weighted by Crippen LogP contribution is -2.35. The second-order valence-corrected chi connectivity index (χ2v) is 4.69. The molecule has 2 unspecified atom stereocenters. The molecule has 0 aliphatic carbocycles. The van der Waals surface area contributed by atoms with Gasteiger partial charge in [-0.25, -0.2) is 0 Å².